The zero-order chi connectivity index (χ0) is 23.7. The Balaban J connectivity index is 1.54. The van der Waals surface area contributed by atoms with Gasteiger partial charge in [-0.1, -0.05) is 36.9 Å². The molecule has 1 aliphatic heterocycles. The number of hydrogen-bond acceptors (Lipinski definition) is 8. The molecule has 1 aliphatic rings. The third-order valence-corrected chi connectivity index (χ3v) is 7.13. The monoisotopic (exact) mass is 496 g/mol. The van der Waals surface area contributed by atoms with Gasteiger partial charge in [0.05, 0.1) is 5.69 Å². The average molecular weight is 497 g/mol. The van der Waals surface area contributed by atoms with Gasteiger partial charge in [0.25, 0.3) is 5.56 Å². The number of amides is 1. The summed E-state index contributed by atoms with van der Waals surface area (Å²) >= 11 is 2.70. The summed E-state index contributed by atoms with van der Waals surface area (Å²) in [5.74, 6) is 1.49. The molecule has 0 saturated heterocycles. The Labute approximate surface area is 202 Å². The van der Waals surface area contributed by atoms with E-state index in [2.05, 4.69) is 10.3 Å². The molecule has 1 amide bonds. The fourth-order valence-corrected chi connectivity index (χ4v) is 5.58. The maximum atomic E-state index is 13.4. The van der Waals surface area contributed by atoms with Gasteiger partial charge in [-0.3, -0.25) is 14.2 Å². The normalized spacial score (nSPS) is 12.6. The molecule has 2 aromatic heterocycles. The Hall–Kier alpha value is -3.57. The van der Waals surface area contributed by atoms with Crippen molar-refractivity contribution in [1.29, 1.82) is 0 Å². The number of carbonyl (C=O) groups excluding carboxylic acids is 1. The number of thiazole rings is 1. The summed E-state index contributed by atoms with van der Waals surface area (Å²) in [7, 11) is 0. The number of nitrogens with one attached hydrogen (secondary N) is 1. The summed E-state index contributed by atoms with van der Waals surface area (Å²) in [6, 6.07) is 13.7. The minimum absolute atomic E-state index is 0.209. The Morgan fingerprint density at radius 1 is 1.12 bits per heavy atom. The van der Waals surface area contributed by atoms with Crippen LogP contribution in [0.1, 0.15) is 6.92 Å². The number of thioether (sulfide) groups is 1. The number of fused-ring (bicyclic) bond motifs is 2. The topological polar surface area (TPSA) is 104 Å². The molecule has 2 aromatic carbocycles. The second-order valence-corrected chi connectivity index (χ2v) is 9.83. The number of nitrogens with zero attached hydrogens (tertiary/aromatic N) is 3. The minimum atomic E-state index is -0.626. The molecule has 0 unspecified atom stereocenters. The second-order valence-electron chi connectivity index (χ2n) is 7.32. The summed E-state index contributed by atoms with van der Waals surface area (Å²) in [6.07, 6.45) is 0. The summed E-state index contributed by atoms with van der Waals surface area (Å²) in [5.41, 5.74) is 0.0730. The first-order chi connectivity index (χ1) is 16.5. The van der Waals surface area contributed by atoms with E-state index in [4.69, 9.17) is 9.47 Å². The molecule has 0 radical (unpaired) electrons. The lowest BCUT2D eigenvalue weighted by molar-refractivity contribution is -0.116. The van der Waals surface area contributed by atoms with Crippen molar-refractivity contribution in [2.45, 2.75) is 17.8 Å². The summed E-state index contributed by atoms with van der Waals surface area (Å²) in [4.78, 5) is 44.1. The van der Waals surface area contributed by atoms with E-state index >= 15 is 0 Å². The molecule has 5 rings (SSSR count). The highest BCUT2D eigenvalue weighted by Gasteiger charge is 2.21. The number of rotatable bonds is 6. The molecular formula is C23H20N4O5S2. The van der Waals surface area contributed by atoms with Crippen LogP contribution in [-0.4, -0.2) is 39.0 Å². The molecule has 11 heteroatoms. The molecule has 0 saturated carbocycles. The maximum Gasteiger partial charge on any atom is 0.337 e. The summed E-state index contributed by atoms with van der Waals surface area (Å²) < 4.78 is 14.4. The number of anilines is 1. The highest BCUT2D eigenvalue weighted by Crippen LogP contribution is 2.32. The van der Waals surface area contributed by atoms with Gasteiger partial charge in [0.2, 0.25) is 5.91 Å². The first kappa shape index (κ1) is 22.2. The molecule has 0 fully saturated rings. The fourth-order valence-electron chi connectivity index (χ4n) is 3.61. The van der Waals surface area contributed by atoms with Gasteiger partial charge in [-0.05, 0) is 30.0 Å². The van der Waals surface area contributed by atoms with Crippen LogP contribution in [0.3, 0.4) is 0 Å². The Morgan fingerprint density at radius 3 is 2.65 bits per heavy atom. The van der Waals surface area contributed by atoms with Gasteiger partial charge in [0.1, 0.15) is 24.5 Å². The quantitative estimate of drug-likeness (QED) is 0.409. The molecular weight excluding hydrogens is 476 g/mol. The lowest BCUT2D eigenvalue weighted by Gasteiger charge is -2.19. The lowest BCUT2D eigenvalue weighted by atomic mass is 10.2. The van der Waals surface area contributed by atoms with Crippen LogP contribution in [0.15, 0.2) is 62.5 Å². The predicted octanol–water partition coefficient (Wildman–Crippen LogP) is 3.13. The standard InChI is InChI=1S/C23H20N4O5S2/c1-2-33-22-25-20-19(34-22)21(29)27(15-6-4-3-5-7-15)23(30)26(20)13-18(28)24-14-8-9-16-17(12-14)32-11-10-31-16/h3-9,12H,2,10-11,13H2,1H3,(H,24,28). The third-order valence-electron chi connectivity index (χ3n) is 5.07. The molecule has 0 bridgehead atoms. The highest BCUT2D eigenvalue weighted by molar-refractivity contribution is 8.01. The van der Waals surface area contributed by atoms with Crippen LogP contribution in [0.4, 0.5) is 5.69 Å². The Kier molecular flexibility index (Phi) is 6.12. The van der Waals surface area contributed by atoms with E-state index in [0.29, 0.717) is 45.1 Å². The Morgan fingerprint density at radius 2 is 1.88 bits per heavy atom. The van der Waals surface area contributed by atoms with E-state index in [0.717, 1.165) is 10.3 Å². The summed E-state index contributed by atoms with van der Waals surface area (Å²) in [5, 5.41) is 2.79. The second kappa shape index (κ2) is 9.35. The van der Waals surface area contributed by atoms with Crippen LogP contribution in [0.5, 0.6) is 11.5 Å². The highest BCUT2D eigenvalue weighted by atomic mass is 32.2. The SMILES string of the molecule is CCSc1nc2c(s1)c(=O)n(-c1ccccc1)c(=O)n2CC(=O)Nc1ccc2c(c1)OCCO2. The van der Waals surface area contributed by atoms with Gasteiger partial charge >= 0.3 is 5.69 Å². The smallest absolute Gasteiger partial charge is 0.337 e. The Bertz CT molecular complexity index is 1490. The molecule has 4 aromatic rings. The molecule has 34 heavy (non-hydrogen) atoms. The molecule has 0 aliphatic carbocycles. The number of carbonyl (C=O) groups is 1. The molecule has 3 heterocycles. The van der Waals surface area contributed by atoms with E-state index in [-0.39, 0.29) is 12.2 Å². The largest absolute Gasteiger partial charge is 0.486 e. The van der Waals surface area contributed by atoms with E-state index < -0.39 is 17.2 Å². The van der Waals surface area contributed by atoms with Crippen LogP contribution >= 0.6 is 23.1 Å². The van der Waals surface area contributed by atoms with Gasteiger partial charge in [-0.2, -0.15) is 0 Å². The first-order valence-electron chi connectivity index (χ1n) is 10.6. The van der Waals surface area contributed by atoms with Crippen molar-refractivity contribution in [1.82, 2.24) is 14.1 Å². The van der Waals surface area contributed by atoms with Gasteiger partial charge < -0.3 is 14.8 Å². The van der Waals surface area contributed by atoms with Crippen LogP contribution < -0.4 is 26.0 Å². The van der Waals surface area contributed by atoms with E-state index in [1.165, 1.54) is 27.7 Å². The third kappa shape index (κ3) is 4.19. The summed E-state index contributed by atoms with van der Waals surface area (Å²) in [6.45, 7) is 2.57. The fraction of sp³-hybridized carbons (Fsp3) is 0.217. The van der Waals surface area contributed by atoms with Crippen LogP contribution in [0.2, 0.25) is 0 Å². The number of benzene rings is 2. The van der Waals surface area contributed by atoms with Crippen molar-refractivity contribution in [3.63, 3.8) is 0 Å². The van der Waals surface area contributed by atoms with E-state index in [9.17, 15) is 14.4 Å². The lowest BCUT2D eigenvalue weighted by Crippen LogP contribution is -2.40. The van der Waals surface area contributed by atoms with Crippen molar-refractivity contribution >= 4 is 45.0 Å². The van der Waals surface area contributed by atoms with Crippen molar-refractivity contribution < 1.29 is 14.3 Å². The zero-order valence-electron chi connectivity index (χ0n) is 18.1. The van der Waals surface area contributed by atoms with Gasteiger partial charge in [-0.15, -0.1) is 11.3 Å². The van der Waals surface area contributed by atoms with Crippen molar-refractivity contribution in [2.75, 3.05) is 24.3 Å². The average Bonchev–Trinajstić information content (AvgIpc) is 3.27. The van der Waals surface area contributed by atoms with Gasteiger partial charge in [-0.25, -0.2) is 14.3 Å². The molecule has 0 atom stereocenters. The zero-order valence-corrected chi connectivity index (χ0v) is 19.8. The van der Waals surface area contributed by atoms with Crippen molar-refractivity contribution in [3.8, 4) is 17.2 Å². The number of hydrogen-bond donors (Lipinski definition) is 1. The van der Waals surface area contributed by atoms with Crippen molar-refractivity contribution in [2.24, 2.45) is 0 Å². The number of ether oxygens (including phenoxy) is 2. The number of aromatic nitrogens is 3. The van der Waals surface area contributed by atoms with Crippen LogP contribution in [-0.2, 0) is 11.3 Å². The molecule has 1 N–H and O–H groups in total. The van der Waals surface area contributed by atoms with Gasteiger partial charge in [0.15, 0.2) is 21.5 Å². The van der Waals surface area contributed by atoms with Gasteiger partial charge in [0, 0.05) is 11.8 Å². The maximum absolute atomic E-state index is 13.4. The van der Waals surface area contributed by atoms with E-state index in [1.54, 1.807) is 48.5 Å². The van der Waals surface area contributed by atoms with Crippen LogP contribution in [0, 0.1) is 0 Å². The number of para-hydroxylation sites is 1. The molecule has 174 valence electrons. The minimum Gasteiger partial charge on any atom is -0.486 e. The molecule has 0 spiro atoms. The van der Waals surface area contributed by atoms with Crippen molar-refractivity contribution in [3.05, 3.63) is 69.4 Å². The van der Waals surface area contributed by atoms with Crippen LogP contribution in [0.25, 0.3) is 16.0 Å². The molecule has 9 nitrogen and oxygen atoms in total. The van der Waals surface area contributed by atoms with E-state index in [1.807, 2.05) is 6.92 Å². The first-order valence-corrected chi connectivity index (χ1v) is 12.4. The predicted molar refractivity (Wildman–Crippen MR) is 132 cm³/mol.